The maximum Gasteiger partial charge on any atom is 0.258 e. The molecule has 7 heteroatoms. The SMILES string of the molecule is O=C(c1cn[nH]c1-c1cccc(F)c1)N1CCc2nc[nH]c2C1. The molecule has 0 saturated carbocycles. The lowest BCUT2D eigenvalue weighted by Gasteiger charge is -2.26. The summed E-state index contributed by atoms with van der Waals surface area (Å²) in [6.45, 7) is 1.09. The highest BCUT2D eigenvalue weighted by Gasteiger charge is 2.26. The van der Waals surface area contributed by atoms with Crippen LogP contribution in [0.2, 0.25) is 0 Å². The molecule has 1 aliphatic heterocycles. The van der Waals surface area contributed by atoms with E-state index in [0.717, 1.165) is 17.8 Å². The van der Waals surface area contributed by atoms with Crippen LogP contribution < -0.4 is 0 Å². The van der Waals surface area contributed by atoms with Crippen LogP contribution in [0.15, 0.2) is 36.8 Å². The van der Waals surface area contributed by atoms with Crippen molar-refractivity contribution in [1.29, 1.82) is 0 Å². The zero-order chi connectivity index (χ0) is 15.8. The Morgan fingerprint density at radius 3 is 3.13 bits per heavy atom. The summed E-state index contributed by atoms with van der Waals surface area (Å²) in [4.78, 5) is 21.9. The zero-order valence-corrected chi connectivity index (χ0v) is 12.2. The molecule has 3 aromatic rings. The monoisotopic (exact) mass is 311 g/mol. The van der Waals surface area contributed by atoms with Crippen LogP contribution in [0.25, 0.3) is 11.3 Å². The van der Waals surface area contributed by atoms with E-state index >= 15 is 0 Å². The van der Waals surface area contributed by atoms with E-state index in [9.17, 15) is 9.18 Å². The molecule has 6 nitrogen and oxygen atoms in total. The Morgan fingerprint density at radius 1 is 1.35 bits per heavy atom. The second-order valence-corrected chi connectivity index (χ2v) is 5.47. The number of hydrogen-bond acceptors (Lipinski definition) is 3. The number of benzene rings is 1. The lowest BCUT2D eigenvalue weighted by atomic mass is 10.1. The maximum absolute atomic E-state index is 13.4. The van der Waals surface area contributed by atoms with Crippen molar-refractivity contribution in [2.75, 3.05) is 6.54 Å². The smallest absolute Gasteiger partial charge is 0.258 e. The molecule has 1 amide bonds. The molecule has 23 heavy (non-hydrogen) atoms. The van der Waals surface area contributed by atoms with Gasteiger partial charge in [-0.1, -0.05) is 12.1 Å². The van der Waals surface area contributed by atoms with E-state index in [0.29, 0.717) is 29.9 Å². The average molecular weight is 311 g/mol. The number of fused-ring (bicyclic) bond motifs is 1. The van der Waals surface area contributed by atoms with E-state index in [4.69, 9.17) is 0 Å². The molecule has 116 valence electrons. The van der Waals surface area contributed by atoms with Crippen molar-refractivity contribution in [2.45, 2.75) is 13.0 Å². The number of rotatable bonds is 2. The van der Waals surface area contributed by atoms with E-state index in [-0.39, 0.29) is 11.7 Å². The molecule has 0 atom stereocenters. The lowest BCUT2D eigenvalue weighted by molar-refractivity contribution is 0.0733. The number of H-pyrrole nitrogens is 2. The van der Waals surface area contributed by atoms with E-state index in [2.05, 4.69) is 20.2 Å². The predicted molar refractivity (Wildman–Crippen MR) is 81.0 cm³/mol. The van der Waals surface area contributed by atoms with Crippen molar-refractivity contribution in [3.8, 4) is 11.3 Å². The van der Waals surface area contributed by atoms with E-state index < -0.39 is 0 Å². The van der Waals surface area contributed by atoms with E-state index in [1.54, 1.807) is 23.4 Å². The number of carbonyl (C=O) groups is 1. The number of carbonyl (C=O) groups excluding carboxylic acids is 1. The van der Waals surface area contributed by atoms with Crippen LogP contribution >= 0.6 is 0 Å². The van der Waals surface area contributed by atoms with Crippen molar-refractivity contribution >= 4 is 5.91 Å². The summed E-state index contributed by atoms with van der Waals surface area (Å²) in [6, 6.07) is 6.10. The van der Waals surface area contributed by atoms with Crippen LogP contribution in [-0.4, -0.2) is 37.5 Å². The van der Waals surface area contributed by atoms with Gasteiger partial charge >= 0.3 is 0 Å². The molecule has 1 aromatic carbocycles. The van der Waals surface area contributed by atoms with Gasteiger partial charge in [0, 0.05) is 18.5 Å². The summed E-state index contributed by atoms with van der Waals surface area (Å²) in [5.74, 6) is -0.478. The Balaban J connectivity index is 1.64. The molecule has 3 heterocycles. The third-order valence-electron chi connectivity index (χ3n) is 4.05. The number of hydrogen-bond donors (Lipinski definition) is 2. The third kappa shape index (κ3) is 2.40. The second-order valence-electron chi connectivity index (χ2n) is 5.47. The van der Waals surface area contributed by atoms with Gasteiger partial charge in [0.15, 0.2) is 0 Å². The number of aromatic amines is 2. The first kappa shape index (κ1) is 13.7. The molecule has 0 bridgehead atoms. The van der Waals surface area contributed by atoms with E-state index in [1.165, 1.54) is 18.3 Å². The molecule has 0 radical (unpaired) electrons. The minimum absolute atomic E-state index is 0.127. The molecule has 0 spiro atoms. The van der Waals surface area contributed by atoms with Crippen LogP contribution in [0, 0.1) is 5.82 Å². The van der Waals surface area contributed by atoms with Gasteiger partial charge < -0.3 is 9.88 Å². The van der Waals surface area contributed by atoms with Gasteiger partial charge in [-0.25, -0.2) is 9.37 Å². The topological polar surface area (TPSA) is 77.7 Å². The van der Waals surface area contributed by atoms with Crippen LogP contribution in [0.3, 0.4) is 0 Å². The normalized spacial score (nSPS) is 13.9. The van der Waals surface area contributed by atoms with Gasteiger partial charge in [-0.2, -0.15) is 5.10 Å². The van der Waals surface area contributed by atoms with Crippen molar-refractivity contribution in [2.24, 2.45) is 0 Å². The summed E-state index contributed by atoms with van der Waals surface area (Å²) in [7, 11) is 0. The van der Waals surface area contributed by atoms with E-state index in [1.807, 2.05) is 0 Å². The molecule has 0 aliphatic carbocycles. The highest BCUT2D eigenvalue weighted by molar-refractivity contribution is 5.99. The minimum Gasteiger partial charge on any atom is -0.347 e. The van der Waals surface area contributed by atoms with Gasteiger partial charge in [-0.3, -0.25) is 9.89 Å². The van der Waals surface area contributed by atoms with Crippen LogP contribution in [-0.2, 0) is 13.0 Å². The summed E-state index contributed by atoms with van der Waals surface area (Å²) in [5, 5.41) is 6.76. The third-order valence-corrected chi connectivity index (χ3v) is 4.05. The zero-order valence-electron chi connectivity index (χ0n) is 12.2. The first-order chi connectivity index (χ1) is 11.2. The van der Waals surface area contributed by atoms with Gasteiger partial charge in [-0.05, 0) is 12.1 Å². The highest BCUT2D eigenvalue weighted by atomic mass is 19.1. The minimum atomic E-state index is -0.351. The number of aromatic nitrogens is 4. The molecule has 2 aromatic heterocycles. The summed E-state index contributed by atoms with van der Waals surface area (Å²) in [6.07, 6.45) is 3.86. The standard InChI is InChI=1S/C16H14FN5O/c17-11-3-1-2-10(6-11)15-12(7-20-21-15)16(23)22-5-4-13-14(8-22)19-9-18-13/h1-3,6-7,9H,4-5,8H2,(H,18,19)(H,20,21). The van der Waals surface area contributed by atoms with Gasteiger partial charge in [0.25, 0.3) is 5.91 Å². The fourth-order valence-electron chi connectivity index (χ4n) is 2.87. The summed E-state index contributed by atoms with van der Waals surface area (Å²) in [5.41, 5.74) is 3.54. The Bertz CT molecular complexity index is 869. The number of nitrogens with one attached hydrogen (secondary N) is 2. The fraction of sp³-hybridized carbons (Fsp3) is 0.188. The van der Waals surface area contributed by atoms with Crippen molar-refractivity contribution < 1.29 is 9.18 Å². The Morgan fingerprint density at radius 2 is 2.26 bits per heavy atom. The second kappa shape index (κ2) is 5.35. The molecule has 0 saturated heterocycles. The molecule has 1 aliphatic rings. The van der Waals surface area contributed by atoms with Gasteiger partial charge in [-0.15, -0.1) is 0 Å². The number of amides is 1. The number of nitrogens with zero attached hydrogens (tertiary/aromatic N) is 3. The molecule has 0 fully saturated rings. The van der Waals surface area contributed by atoms with Crippen molar-refractivity contribution in [3.05, 3.63) is 59.6 Å². The molecular weight excluding hydrogens is 297 g/mol. The molecule has 4 rings (SSSR count). The first-order valence-electron chi connectivity index (χ1n) is 7.32. The molecule has 2 N–H and O–H groups in total. The van der Waals surface area contributed by atoms with Crippen molar-refractivity contribution in [3.63, 3.8) is 0 Å². The van der Waals surface area contributed by atoms with Crippen LogP contribution in [0.5, 0.6) is 0 Å². The maximum atomic E-state index is 13.4. The highest BCUT2D eigenvalue weighted by Crippen LogP contribution is 2.25. The summed E-state index contributed by atoms with van der Waals surface area (Å²) < 4.78 is 13.4. The Kier molecular flexibility index (Phi) is 3.18. The molecule has 0 unspecified atom stereocenters. The Labute approximate surface area is 131 Å². The largest absolute Gasteiger partial charge is 0.347 e. The van der Waals surface area contributed by atoms with Crippen LogP contribution in [0.4, 0.5) is 4.39 Å². The van der Waals surface area contributed by atoms with Crippen LogP contribution in [0.1, 0.15) is 21.7 Å². The van der Waals surface area contributed by atoms with Crippen molar-refractivity contribution in [1.82, 2.24) is 25.1 Å². The number of imidazole rings is 1. The lowest BCUT2D eigenvalue weighted by Crippen LogP contribution is -2.36. The fourth-order valence-corrected chi connectivity index (χ4v) is 2.87. The quantitative estimate of drug-likeness (QED) is 0.761. The number of halogens is 1. The Hall–Kier alpha value is -2.96. The van der Waals surface area contributed by atoms with Gasteiger partial charge in [0.1, 0.15) is 5.82 Å². The van der Waals surface area contributed by atoms with Gasteiger partial charge in [0.05, 0.1) is 41.7 Å². The molecular formula is C16H14FN5O. The first-order valence-corrected chi connectivity index (χ1v) is 7.32. The summed E-state index contributed by atoms with van der Waals surface area (Å²) >= 11 is 0. The average Bonchev–Trinajstić information content (AvgIpc) is 3.22. The van der Waals surface area contributed by atoms with Gasteiger partial charge in [0.2, 0.25) is 0 Å². The predicted octanol–water partition coefficient (Wildman–Crippen LogP) is 2.14.